The number of aromatic nitrogens is 2. The van der Waals surface area contributed by atoms with Crippen molar-refractivity contribution in [2.45, 2.75) is 63.3 Å². The molecule has 2 aliphatic rings. The molecular weight excluding hydrogens is 338 g/mol. The molecule has 1 fully saturated rings. The summed E-state index contributed by atoms with van der Waals surface area (Å²) in [6.07, 6.45) is 8.46. The number of halogens is 1. The van der Waals surface area contributed by atoms with Crippen LogP contribution in [0.25, 0.3) is 0 Å². The molecule has 0 amide bonds. The molecule has 5 nitrogen and oxygen atoms in total. The number of fused-ring (bicyclic) bond motifs is 1. The van der Waals surface area contributed by atoms with Gasteiger partial charge in [0, 0.05) is 18.4 Å². The lowest BCUT2D eigenvalue weighted by Gasteiger charge is -2.34. The third-order valence-electron chi connectivity index (χ3n) is 5.40. The van der Waals surface area contributed by atoms with Crippen molar-refractivity contribution in [1.82, 2.24) is 10.1 Å². The monoisotopic (exact) mass is 361 g/mol. The molecule has 6 heteroatoms. The summed E-state index contributed by atoms with van der Waals surface area (Å²) in [4.78, 5) is 16.8. The first kappa shape index (κ1) is 18.1. The Morgan fingerprint density at radius 3 is 2.64 bits per heavy atom. The lowest BCUT2D eigenvalue weighted by molar-refractivity contribution is 0.0979. The number of carbonyl (C=O) groups is 1. The smallest absolute Gasteiger partial charge is 0.227 e. The summed E-state index contributed by atoms with van der Waals surface area (Å²) in [5.74, 6) is 1.23. The van der Waals surface area contributed by atoms with Crippen molar-refractivity contribution in [3.05, 3.63) is 46.6 Å². The van der Waals surface area contributed by atoms with Gasteiger partial charge in [-0.25, -0.2) is 0 Å². The van der Waals surface area contributed by atoms with E-state index in [9.17, 15) is 4.79 Å². The van der Waals surface area contributed by atoms with Crippen molar-refractivity contribution >= 4 is 18.2 Å². The highest BCUT2D eigenvalue weighted by Crippen LogP contribution is 2.36. The molecule has 0 radical (unpaired) electrons. The van der Waals surface area contributed by atoms with Crippen LogP contribution in [0, 0.1) is 0 Å². The van der Waals surface area contributed by atoms with Crippen LogP contribution in [0.15, 0.2) is 22.7 Å². The minimum Gasteiger partial charge on any atom is -0.339 e. The molecule has 2 aliphatic carbocycles. The first-order chi connectivity index (χ1) is 11.6. The van der Waals surface area contributed by atoms with E-state index in [1.165, 1.54) is 24.0 Å². The Kier molecular flexibility index (Phi) is 5.25. The SMILES string of the molecule is Cl.NC1(c2noc(CCC(=O)c3ccc4c(c3)CCCC4)n2)CCC1. The third kappa shape index (κ3) is 3.62. The average molecular weight is 362 g/mol. The zero-order valence-corrected chi connectivity index (χ0v) is 15.1. The average Bonchev–Trinajstić information content (AvgIpc) is 3.06. The lowest BCUT2D eigenvalue weighted by atomic mass is 9.77. The zero-order chi connectivity index (χ0) is 16.6. The molecule has 2 N–H and O–H groups in total. The molecule has 4 rings (SSSR count). The van der Waals surface area contributed by atoms with Gasteiger partial charge in [-0.05, 0) is 62.1 Å². The van der Waals surface area contributed by atoms with Crippen LogP contribution in [0.5, 0.6) is 0 Å². The van der Waals surface area contributed by atoms with Gasteiger partial charge < -0.3 is 10.3 Å². The van der Waals surface area contributed by atoms with Crippen LogP contribution >= 0.6 is 12.4 Å². The molecule has 0 atom stereocenters. The molecule has 2 aromatic rings. The Morgan fingerprint density at radius 1 is 1.16 bits per heavy atom. The number of ketones is 1. The third-order valence-corrected chi connectivity index (χ3v) is 5.40. The largest absolute Gasteiger partial charge is 0.339 e. The fourth-order valence-corrected chi connectivity index (χ4v) is 3.61. The lowest BCUT2D eigenvalue weighted by Crippen LogP contribution is -2.44. The normalized spacial score (nSPS) is 18.0. The Morgan fingerprint density at radius 2 is 1.92 bits per heavy atom. The van der Waals surface area contributed by atoms with Crippen LogP contribution < -0.4 is 5.73 Å². The number of hydrogen-bond acceptors (Lipinski definition) is 5. The van der Waals surface area contributed by atoms with Crippen LogP contribution in [-0.2, 0) is 24.8 Å². The van der Waals surface area contributed by atoms with Crippen LogP contribution in [0.4, 0.5) is 0 Å². The van der Waals surface area contributed by atoms with Crippen LogP contribution in [-0.4, -0.2) is 15.9 Å². The van der Waals surface area contributed by atoms with Gasteiger partial charge in [0.25, 0.3) is 0 Å². The Bertz CT molecular complexity index is 768. The molecule has 0 unspecified atom stereocenters. The number of aryl methyl sites for hydroxylation is 3. The van der Waals surface area contributed by atoms with E-state index in [1.54, 1.807) is 0 Å². The van der Waals surface area contributed by atoms with Gasteiger partial charge in [-0.15, -0.1) is 12.4 Å². The molecule has 1 aromatic heterocycles. The van der Waals surface area contributed by atoms with Crippen molar-refractivity contribution in [3.63, 3.8) is 0 Å². The standard InChI is InChI=1S/C19H23N3O2.ClH/c20-19(10-3-11-19)18-21-17(24-22-18)9-8-16(23)15-7-6-13-4-1-2-5-14(13)12-15;/h6-7,12H,1-5,8-11,20H2;1H. The van der Waals surface area contributed by atoms with Crippen LogP contribution in [0.1, 0.15) is 71.7 Å². The zero-order valence-electron chi connectivity index (χ0n) is 14.3. The number of nitrogens with zero attached hydrogens (tertiary/aromatic N) is 2. The summed E-state index contributed by atoms with van der Waals surface area (Å²) < 4.78 is 5.27. The van der Waals surface area contributed by atoms with E-state index in [2.05, 4.69) is 22.3 Å². The highest BCUT2D eigenvalue weighted by Gasteiger charge is 2.38. The minimum absolute atomic E-state index is 0. The number of carbonyl (C=O) groups excluding carboxylic acids is 1. The molecule has 1 aromatic carbocycles. The molecule has 25 heavy (non-hydrogen) atoms. The van der Waals surface area contributed by atoms with Gasteiger partial charge in [-0.2, -0.15) is 4.98 Å². The summed E-state index contributed by atoms with van der Waals surface area (Å²) in [7, 11) is 0. The highest BCUT2D eigenvalue weighted by molar-refractivity contribution is 5.96. The Hall–Kier alpha value is -1.72. The second kappa shape index (κ2) is 7.26. The number of nitrogens with two attached hydrogens (primary N) is 1. The van der Waals surface area contributed by atoms with Crippen LogP contribution in [0.2, 0.25) is 0 Å². The van der Waals surface area contributed by atoms with Crippen LogP contribution in [0.3, 0.4) is 0 Å². The summed E-state index contributed by atoms with van der Waals surface area (Å²) in [5.41, 5.74) is 9.31. The Labute approximate surface area is 153 Å². The fourth-order valence-electron chi connectivity index (χ4n) is 3.61. The van der Waals surface area contributed by atoms with E-state index in [0.29, 0.717) is 24.6 Å². The molecule has 0 aliphatic heterocycles. The maximum Gasteiger partial charge on any atom is 0.227 e. The summed E-state index contributed by atoms with van der Waals surface area (Å²) >= 11 is 0. The van der Waals surface area contributed by atoms with E-state index < -0.39 is 5.54 Å². The van der Waals surface area contributed by atoms with Crippen molar-refractivity contribution in [2.75, 3.05) is 0 Å². The number of benzene rings is 1. The molecule has 134 valence electrons. The maximum absolute atomic E-state index is 12.5. The first-order valence-electron chi connectivity index (χ1n) is 8.91. The molecule has 0 saturated heterocycles. The predicted molar refractivity (Wildman–Crippen MR) is 97.0 cm³/mol. The second-order valence-electron chi connectivity index (χ2n) is 7.14. The van der Waals surface area contributed by atoms with Gasteiger partial charge in [0.15, 0.2) is 11.6 Å². The molecule has 0 bridgehead atoms. The Balaban J connectivity index is 0.00000182. The highest BCUT2D eigenvalue weighted by atomic mass is 35.5. The molecular formula is C19H24ClN3O2. The van der Waals surface area contributed by atoms with Gasteiger partial charge >= 0.3 is 0 Å². The minimum atomic E-state index is -0.412. The quantitative estimate of drug-likeness (QED) is 0.824. The first-order valence-corrected chi connectivity index (χ1v) is 8.91. The molecule has 1 saturated carbocycles. The van der Waals surface area contributed by atoms with Gasteiger partial charge in [0.2, 0.25) is 5.89 Å². The van der Waals surface area contributed by atoms with Gasteiger partial charge in [-0.3, -0.25) is 4.79 Å². The number of hydrogen-bond donors (Lipinski definition) is 1. The van der Waals surface area contributed by atoms with E-state index in [1.807, 2.05) is 6.07 Å². The number of rotatable bonds is 5. The second-order valence-corrected chi connectivity index (χ2v) is 7.14. The van der Waals surface area contributed by atoms with Crippen molar-refractivity contribution in [2.24, 2.45) is 5.73 Å². The van der Waals surface area contributed by atoms with Gasteiger partial charge in [0.05, 0.1) is 5.54 Å². The summed E-state index contributed by atoms with van der Waals surface area (Å²) in [6.45, 7) is 0. The van der Waals surface area contributed by atoms with Crippen molar-refractivity contribution in [1.29, 1.82) is 0 Å². The predicted octanol–water partition coefficient (Wildman–Crippen LogP) is 3.52. The summed E-state index contributed by atoms with van der Waals surface area (Å²) in [6, 6.07) is 6.13. The molecule has 1 heterocycles. The van der Waals surface area contributed by atoms with Gasteiger partial charge in [0.1, 0.15) is 0 Å². The van der Waals surface area contributed by atoms with Crippen molar-refractivity contribution in [3.8, 4) is 0 Å². The molecule has 0 spiro atoms. The van der Waals surface area contributed by atoms with E-state index in [4.69, 9.17) is 10.3 Å². The maximum atomic E-state index is 12.5. The topological polar surface area (TPSA) is 82.0 Å². The van der Waals surface area contributed by atoms with Gasteiger partial charge in [-0.1, -0.05) is 17.3 Å². The van der Waals surface area contributed by atoms with Crippen molar-refractivity contribution < 1.29 is 9.32 Å². The number of Topliss-reactive ketones (excluding diaryl/α,β-unsaturated/α-hetero) is 1. The van der Waals surface area contributed by atoms with E-state index in [0.717, 1.165) is 37.7 Å². The fraction of sp³-hybridized carbons (Fsp3) is 0.526. The van der Waals surface area contributed by atoms with E-state index in [-0.39, 0.29) is 18.2 Å². The van der Waals surface area contributed by atoms with E-state index >= 15 is 0 Å². The summed E-state index contributed by atoms with van der Waals surface area (Å²) in [5, 5.41) is 4.00.